The number of hydrogen-bond donors (Lipinski definition) is 4. The summed E-state index contributed by atoms with van der Waals surface area (Å²) in [6, 6.07) is 10.2. The van der Waals surface area contributed by atoms with Crippen LogP contribution in [0.5, 0.6) is 0 Å². The highest BCUT2D eigenvalue weighted by molar-refractivity contribution is 6.31. The number of benzene rings is 1. The Labute approximate surface area is 173 Å². The normalized spacial score (nSPS) is 17.2. The topological polar surface area (TPSA) is 149 Å². The number of aliphatic imine (C=N–C) groups is 1. The van der Waals surface area contributed by atoms with Gasteiger partial charge in [-0.05, 0) is 12.0 Å². The maximum absolute atomic E-state index is 12.3. The van der Waals surface area contributed by atoms with E-state index in [1.807, 2.05) is 18.2 Å². The summed E-state index contributed by atoms with van der Waals surface area (Å²) in [5.74, 6) is -0.808. The average Bonchev–Trinajstić information content (AvgIpc) is 3.05. The number of nitrogen functional groups attached to an aromatic ring is 2. The summed E-state index contributed by atoms with van der Waals surface area (Å²) in [5.41, 5.74) is 18.1. The highest BCUT2D eigenvalue weighted by atomic mass is 35.5. The number of carbonyl (C=O) groups is 1. The monoisotopic (exact) mass is 423 g/mol. The van der Waals surface area contributed by atoms with E-state index in [0.717, 1.165) is 26.1 Å². The number of nitrogens with zero attached hydrogens (tertiary/aromatic N) is 4. The second-order valence-corrected chi connectivity index (χ2v) is 6.62. The van der Waals surface area contributed by atoms with Gasteiger partial charge in [-0.3, -0.25) is 15.0 Å². The number of hydrogen-bond acceptors (Lipinski definition) is 7. The van der Waals surface area contributed by atoms with Crippen molar-refractivity contribution in [1.82, 2.24) is 20.2 Å². The first-order chi connectivity index (χ1) is 12.9. The number of anilines is 2. The molecule has 0 bridgehead atoms. The van der Waals surface area contributed by atoms with Gasteiger partial charge in [0.15, 0.2) is 28.4 Å². The van der Waals surface area contributed by atoms with Gasteiger partial charge >= 0.3 is 0 Å². The average molecular weight is 424 g/mol. The molecule has 150 valence electrons. The fourth-order valence-corrected chi connectivity index (χ4v) is 3.04. The largest absolute Gasteiger partial charge is 1.00 e. The van der Waals surface area contributed by atoms with Gasteiger partial charge in [-0.1, -0.05) is 41.9 Å². The van der Waals surface area contributed by atoms with E-state index in [-0.39, 0.29) is 46.9 Å². The Morgan fingerprint density at radius 3 is 2.68 bits per heavy atom. The fraction of sp³-hybridized carbons (Fsp3) is 0.294. The number of carbonyl (C=O) groups excluding carboxylic acids is 1. The van der Waals surface area contributed by atoms with Gasteiger partial charge in [0.1, 0.15) is 0 Å². The van der Waals surface area contributed by atoms with Crippen molar-refractivity contribution in [2.24, 2.45) is 10.7 Å². The molecule has 0 aliphatic carbocycles. The van der Waals surface area contributed by atoms with Crippen molar-refractivity contribution < 1.29 is 17.2 Å². The number of nitrogens with two attached hydrogens (primary N) is 3. The van der Waals surface area contributed by atoms with E-state index in [2.05, 4.69) is 37.3 Å². The van der Waals surface area contributed by atoms with E-state index in [1.54, 1.807) is 0 Å². The Morgan fingerprint density at radius 1 is 1.25 bits per heavy atom. The van der Waals surface area contributed by atoms with E-state index >= 15 is 0 Å². The van der Waals surface area contributed by atoms with Crippen LogP contribution in [-0.4, -0.2) is 45.9 Å². The van der Waals surface area contributed by atoms with Gasteiger partial charge in [0.2, 0.25) is 0 Å². The third-order valence-electron chi connectivity index (χ3n) is 4.18. The number of nitrogens with one attached hydrogen (secondary N) is 1. The minimum Gasteiger partial charge on any atom is -1.00 e. The molecule has 0 unspecified atom stereocenters. The summed E-state index contributed by atoms with van der Waals surface area (Å²) in [4.78, 5) is 26.5. The molecule has 1 atom stereocenters. The van der Waals surface area contributed by atoms with Crippen molar-refractivity contribution in [3.05, 3.63) is 46.7 Å². The molecule has 0 spiro atoms. The standard InChI is InChI=1S/C17H21ClN8O.ClH/c18-13-15(20)24-14(19)12(23-13)16(27)25-17(21)22-11-6-7-26(9-11)8-10-4-2-1-3-5-10;/h1-5,11H,6-9H2,(H4,19,20,24)(H3,21,22,25,27);1H/p-1/t11-;/m0./s1. The molecule has 2 aromatic rings. The van der Waals surface area contributed by atoms with Crippen molar-refractivity contribution in [3.63, 3.8) is 0 Å². The second-order valence-electron chi connectivity index (χ2n) is 6.27. The van der Waals surface area contributed by atoms with Crippen molar-refractivity contribution in [2.75, 3.05) is 24.6 Å². The lowest BCUT2D eigenvalue weighted by atomic mass is 10.2. The maximum atomic E-state index is 12.3. The van der Waals surface area contributed by atoms with Crippen LogP contribution < -0.4 is 34.9 Å². The molecule has 1 aliphatic heterocycles. The van der Waals surface area contributed by atoms with Crippen LogP contribution in [0.3, 0.4) is 0 Å². The quantitative estimate of drug-likeness (QED) is 0.316. The lowest BCUT2D eigenvalue weighted by Gasteiger charge is -2.15. The molecular formula is C17H21Cl2N8O-. The lowest BCUT2D eigenvalue weighted by Crippen LogP contribution is -3.00. The number of rotatable bonds is 4. The molecule has 9 nitrogen and oxygen atoms in total. The van der Waals surface area contributed by atoms with E-state index in [1.165, 1.54) is 5.56 Å². The van der Waals surface area contributed by atoms with Gasteiger partial charge < -0.3 is 29.6 Å². The SMILES string of the molecule is NC(=N[C@H]1CCN(Cc2ccccc2)C1)NC(=O)c1nc(Cl)c(N)nc1N.[Cl-]. The summed E-state index contributed by atoms with van der Waals surface area (Å²) in [5, 5.41) is 2.36. The van der Waals surface area contributed by atoms with Gasteiger partial charge in [0, 0.05) is 19.6 Å². The van der Waals surface area contributed by atoms with E-state index in [4.69, 9.17) is 28.8 Å². The Bertz CT molecular complexity index is 862. The van der Waals surface area contributed by atoms with Gasteiger partial charge in [-0.15, -0.1) is 0 Å². The van der Waals surface area contributed by atoms with Crippen LogP contribution in [0.15, 0.2) is 35.3 Å². The second kappa shape index (κ2) is 9.54. The summed E-state index contributed by atoms with van der Waals surface area (Å²) < 4.78 is 0. The molecular weight excluding hydrogens is 403 g/mol. The first-order valence-electron chi connectivity index (χ1n) is 8.41. The zero-order valence-corrected chi connectivity index (χ0v) is 16.5. The number of guanidine groups is 1. The Morgan fingerprint density at radius 2 is 1.96 bits per heavy atom. The van der Waals surface area contributed by atoms with Crippen LogP contribution in [-0.2, 0) is 6.54 Å². The molecule has 11 heteroatoms. The molecule has 7 N–H and O–H groups in total. The minimum atomic E-state index is -0.637. The first-order valence-corrected chi connectivity index (χ1v) is 8.79. The Hall–Kier alpha value is -2.62. The van der Waals surface area contributed by atoms with Crippen molar-refractivity contribution in [1.29, 1.82) is 0 Å². The van der Waals surface area contributed by atoms with Gasteiger partial charge in [-0.25, -0.2) is 15.0 Å². The van der Waals surface area contributed by atoms with Crippen molar-refractivity contribution >= 4 is 35.1 Å². The van der Waals surface area contributed by atoms with Crippen LogP contribution in [0.2, 0.25) is 5.15 Å². The number of likely N-dealkylation sites (tertiary alicyclic amines) is 1. The van der Waals surface area contributed by atoms with Crippen LogP contribution in [0.4, 0.5) is 11.6 Å². The molecule has 1 fully saturated rings. The van der Waals surface area contributed by atoms with E-state index in [0.29, 0.717) is 0 Å². The first kappa shape index (κ1) is 21.7. The van der Waals surface area contributed by atoms with Gasteiger partial charge in [0.25, 0.3) is 5.91 Å². The van der Waals surface area contributed by atoms with Crippen LogP contribution >= 0.6 is 11.6 Å². The maximum Gasteiger partial charge on any atom is 0.280 e. The molecule has 0 saturated carbocycles. The highest BCUT2D eigenvalue weighted by Crippen LogP contribution is 2.18. The van der Waals surface area contributed by atoms with Crippen LogP contribution in [0.1, 0.15) is 22.5 Å². The Balaban J connectivity index is 0.00000280. The number of halogens is 2. The molecule has 1 aliphatic rings. The molecule has 3 rings (SSSR count). The molecule has 1 amide bonds. The zero-order chi connectivity index (χ0) is 19.4. The van der Waals surface area contributed by atoms with E-state index in [9.17, 15) is 4.79 Å². The Kier molecular flexibility index (Phi) is 7.38. The number of aromatic nitrogens is 2. The molecule has 2 heterocycles. The van der Waals surface area contributed by atoms with Gasteiger partial charge in [-0.2, -0.15) is 0 Å². The third-order valence-corrected chi connectivity index (χ3v) is 4.46. The van der Waals surface area contributed by atoms with Crippen LogP contribution in [0.25, 0.3) is 0 Å². The predicted molar refractivity (Wildman–Crippen MR) is 105 cm³/mol. The molecule has 1 saturated heterocycles. The summed E-state index contributed by atoms with van der Waals surface area (Å²) in [7, 11) is 0. The fourth-order valence-electron chi connectivity index (χ4n) is 2.92. The predicted octanol–water partition coefficient (Wildman–Crippen LogP) is -2.38. The molecule has 1 aromatic carbocycles. The van der Waals surface area contributed by atoms with Gasteiger partial charge in [0.05, 0.1) is 6.04 Å². The molecule has 28 heavy (non-hydrogen) atoms. The summed E-state index contributed by atoms with van der Waals surface area (Å²) in [6.07, 6.45) is 0.860. The summed E-state index contributed by atoms with van der Waals surface area (Å²) in [6.45, 7) is 2.53. The smallest absolute Gasteiger partial charge is 0.280 e. The summed E-state index contributed by atoms with van der Waals surface area (Å²) >= 11 is 5.79. The lowest BCUT2D eigenvalue weighted by molar-refractivity contribution is -0.0000145. The van der Waals surface area contributed by atoms with Crippen LogP contribution in [0, 0.1) is 0 Å². The highest BCUT2D eigenvalue weighted by Gasteiger charge is 2.23. The van der Waals surface area contributed by atoms with Crippen molar-refractivity contribution in [2.45, 2.75) is 19.0 Å². The number of amides is 1. The molecule has 0 radical (unpaired) electrons. The third kappa shape index (κ3) is 5.44. The van der Waals surface area contributed by atoms with Crippen molar-refractivity contribution in [3.8, 4) is 0 Å². The zero-order valence-electron chi connectivity index (χ0n) is 15.0. The molecule has 1 aromatic heterocycles. The van der Waals surface area contributed by atoms with E-state index < -0.39 is 5.91 Å². The minimum absolute atomic E-state index is 0.